The first-order valence-electron chi connectivity index (χ1n) is 7.11. The first kappa shape index (κ1) is 16.8. The zero-order valence-electron chi connectivity index (χ0n) is 13.0. The van der Waals surface area contributed by atoms with Gasteiger partial charge in [0.25, 0.3) is 0 Å². The highest BCUT2D eigenvalue weighted by Crippen LogP contribution is 2.27. The van der Waals surface area contributed by atoms with Gasteiger partial charge in [-0.15, -0.1) is 0 Å². The van der Waals surface area contributed by atoms with E-state index in [1.807, 2.05) is 18.2 Å². The second kappa shape index (κ2) is 8.12. The van der Waals surface area contributed by atoms with Crippen molar-refractivity contribution in [2.75, 3.05) is 33.9 Å². The molecule has 0 bridgehead atoms. The molecule has 0 aliphatic rings. The number of ether oxygens (including phenoxy) is 2. The molecule has 20 heavy (non-hydrogen) atoms. The van der Waals surface area contributed by atoms with Gasteiger partial charge in [-0.2, -0.15) is 0 Å². The van der Waals surface area contributed by atoms with E-state index < -0.39 is 0 Å². The highest BCUT2D eigenvalue weighted by molar-refractivity contribution is 5.42. The van der Waals surface area contributed by atoms with Gasteiger partial charge in [-0.25, -0.2) is 0 Å². The van der Waals surface area contributed by atoms with Gasteiger partial charge in [-0.1, -0.05) is 19.9 Å². The molecular weight excluding hydrogens is 254 g/mol. The van der Waals surface area contributed by atoms with Crippen molar-refractivity contribution in [3.05, 3.63) is 23.8 Å². The number of methoxy groups -OCH3 is 2. The van der Waals surface area contributed by atoms with E-state index in [0.717, 1.165) is 37.4 Å². The molecule has 0 aliphatic carbocycles. The normalized spacial score (nSPS) is 13.8. The van der Waals surface area contributed by atoms with Crippen molar-refractivity contribution >= 4 is 0 Å². The fourth-order valence-electron chi connectivity index (χ4n) is 1.95. The lowest BCUT2D eigenvalue weighted by Gasteiger charge is -2.25. The van der Waals surface area contributed by atoms with E-state index in [-0.39, 0.29) is 12.0 Å². The average molecular weight is 281 g/mol. The topological polar surface area (TPSA) is 50.7 Å². The van der Waals surface area contributed by atoms with Crippen molar-refractivity contribution in [2.45, 2.75) is 26.7 Å². The van der Waals surface area contributed by atoms with Crippen molar-refractivity contribution in [3.8, 4) is 11.5 Å². The molecule has 4 heteroatoms. The predicted molar refractivity (Wildman–Crippen MR) is 81.6 cm³/mol. The molecule has 4 nitrogen and oxygen atoms in total. The smallest absolute Gasteiger partial charge is 0.160 e. The maximum absolute atomic E-state index is 9.36. The molecule has 1 aromatic carbocycles. The number of rotatable bonds is 9. The molecule has 0 amide bonds. The summed E-state index contributed by atoms with van der Waals surface area (Å²) in [6.45, 7) is 6.12. The quantitative estimate of drug-likeness (QED) is 0.682. The summed E-state index contributed by atoms with van der Waals surface area (Å²) >= 11 is 0. The number of hydrogen-bond acceptors (Lipinski definition) is 4. The lowest BCUT2D eigenvalue weighted by molar-refractivity contribution is 0.136. The summed E-state index contributed by atoms with van der Waals surface area (Å²) < 4.78 is 10.5. The van der Waals surface area contributed by atoms with E-state index in [0.29, 0.717) is 0 Å². The number of aliphatic hydroxyl groups is 1. The fraction of sp³-hybridized carbons (Fsp3) is 0.625. The standard InChI is InChI=1S/C16H27NO3/c1-5-16(2,12-18)11-17-9-8-13-6-7-14(19-3)15(10-13)20-4/h6-7,10,17-18H,5,8-9,11-12H2,1-4H3. The summed E-state index contributed by atoms with van der Waals surface area (Å²) in [5.74, 6) is 1.52. The Morgan fingerprint density at radius 2 is 1.90 bits per heavy atom. The van der Waals surface area contributed by atoms with E-state index in [9.17, 15) is 5.11 Å². The third-order valence-corrected chi connectivity index (χ3v) is 3.83. The molecule has 0 saturated heterocycles. The summed E-state index contributed by atoms with van der Waals surface area (Å²) in [6, 6.07) is 5.98. The van der Waals surface area contributed by atoms with Crippen LogP contribution in [0.1, 0.15) is 25.8 Å². The molecule has 1 rings (SSSR count). The first-order valence-corrected chi connectivity index (χ1v) is 7.11. The third-order valence-electron chi connectivity index (χ3n) is 3.83. The molecule has 0 aliphatic heterocycles. The number of nitrogens with one attached hydrogen (secondary N) is 1. The number of aliphatic hydroxyl groups excluding tert-OH is 1. The van der Waals surface area contributed by atoms with E-state index in [4.69, 9.17) is 9.47 Å². The van der Waals surface area contributed by atoms with E-state index in [1.54, 1.807) is 14.2 Å². The van der Waals surface area contributed by atoms with Crippen molar-refractivity contribution in [1.29, 1.82) is 0 Å². The van der Waals surface area contributed by atoms with Crippen LogP contribution >= 0.6 is 0 Å². The average Bonchev–Trinajstić information content (AvgIpc) is 2.51. The van der Waals surface area contributed by atoms with Crippen LogP contribution in [0.25, 0.3) is 0 Å². The van der Waals surface area contributed by atoms with E-state index >= 15 is 0 Å². The molecule has 1 atom stereocenters. The molecule has 2 N–H and O–H groups in total. The maximum atomic E-state index is 9.36. The van der Waals surface area contributed by atoms with Crippen molar-refractivity contribution < 1.29 is 14.6 Å². The lowest BCUT2D eigenvalue weighted by Crippen LogP contribution is -2.35. The first-order chi connectivity index (χ1) is 9.58. The molecule has 0 aromatic heterocycles. The van der Waals surface area contributed by atoms with Crippen molar-refractivity contribution in [1.82, 2.24) is 5.32 Å². The Bertz CT molecular complexity index is 403. The van der Waals surface area contributed by atoms with Crippen LogP contribution in [0.4, 0.5) is 0 Å². The number of benzene rings is 1. The predicted octanol–water partition coefficient (Wildman–Crippen LogP) is 2.24. The van der Waals surface area contributed by atoms with Gasteiger partial charge < -0.3 is 19.9 Å². The van der Waals surface area contributed by atoms with Gasteiger partial charge in [0.1, 0.15) is 0 Å². The van der Waals surface area contributed by atoms with Crippen molar-refractivity contribution in [2.24, 2.45) is 5.41 Å². The highest BCUT2D eigenvalue weighted by atomic mass is 16.5. The van der Waals surface area contributed by atoms with E-state index in [2.05, 4.69) is 19.2 Å². The Labute approximate surface area is 122 Å². The van der Waals surface area contributed by atoms with Crippen LogP contribution in [0, 0.1) is 5.41 Å². The molecule has 1 aromatic rings. The van der Waals surface area contributed by atoms with E-state index in [1.165, 1.54) is 5.56 Å². The molecule has 0 fully saturated rings. The van der Waals surface area contributed by atoms with Crippen LogP contribution < -0.4 is 14.8 Å². The monoisotopic (exact) mass is 281 g/mol. The fourth-order valence-corrected chi connectivity index (χ4v) is 1.95. The molecule has 1 unspecified atom stereocenters. The minimum absolute atomic E-state index is 0.0302. The minimum Gasteiger partial charge on any atom is -0.493 e. The molecule has 0 radical (unpaired) electrons. The van der Waals surface area contributed by atoms with Crippen LogP contribution in [0.5, 0.6) is 11.5 Å². The Kier molecular flexibility index (Phi) is 6.82. The second-order valence-corrected chi connectivity index (χ2v) is 5.44. The van der Waals surface area contributed by atoms with Gasteiger partial charge in [-0.3, -0.25) is 0 Å². The molecule has 114 valence electrons. The molecular formula is C16H27NO3. The van der Waals surface area contributed by atoms with Gasteiger partial charge in [-0.05, 0) is 37.1 Å². The van der Waals surface area contributed by atoms with Gasteiger partial charge in [0, 0.05) is 18.6 Å². The summed E-state index contributed by atoms with van der Waals surface area (Å²) in [5.41, 5.74) is 1.18. The zero-order chi connectivity index (χ0) is 15.0. The van der Waals surface area contributed by atoms with Crippen LogP contribution in [-0.2, 0) is 6.42 Å². The van der Waals surface area contributed by atoms with Crippen LogP contribution in [0.3, 0.4) is 0 Å². The van der Waals surface area contributed by atoms with Crippen molar-refractivity contribution in [3.63, 3.8) is 0 Å². The third kappa shape index (κ3) is 4.69. The van der Waals surface area contributed by atoms with Gasteiger partial charge in [0.05, 0.1) is 14.2 Å². The largest absolute Gasteiger partial charge is 0.493 e. The SMILES string of the molecule is CCC(C)(CO)CNCCc1ccc(OC)c(OC)c1. The number of hydrogen-bond donors (Lipinski definition) is 2. The van der Waals surface area contributed by atoms with Crippen LogP contribution in [0.15, 0.2) is 18.2 Å². The maximum Gasteiger partial charge on any atom is 0.160 e. The Hall–Kier alpha value is -1.26. The van der Waals surface area contributed by atoms with Gasteiger partial charge in [0.2, 0.25) is 0 Å². The van der Waals surface area contributed by atoms with Crippen LogP contribution in [0.2, 0.25) is 0 Å². The highest BCUT2D eigenvalue weighted by Gasteiger charge is 2.19. The Morgan fingerprint density at radius 1 is 1.20 bits per heavy atom. The zero-order valence-corrected chi connectivity index (χ0v) is 13.0. The second-order valence-electron chi connectivity index (χ2n) is 5.44. The van der Waals surface area contributed by atoms with Gasteiger partial charge >= 0.3 is 0 Å². The minimum atomic E-state index is -0.0302. The Morgan fingerprint density at radius 3 is 2.45 bits per heavy atom. The molecule has 0 heterocycles. The molecule has 0 saturated carbocycles. The molecule has 0 spiro atoms. The Balaban J connectivity index is 2.46. The summed E-state index contributed by atoms with van der Waals surface area (Å²) in [5, 5.41) is 12.8. The summed E-state index contributed by atoms with van der Waals surface area (Å²) in [6.07, 6.45) is 1.89. The van der Waals surface area contributed by atoms with Gasteiger partial charge in [0.15, 0.2) is 11.5 Å². The summed E-state index contributed by atoms with van der Waals surface area (Å²) in [4.78, 5) is 0. The summed E-state index contributed by atoms with van der Waals surface area (Å²) in [7, 11) is 3.29. The van der Waals surface area contributed by atoms with Crippen LogP contribution in [-0.4, -0.2) is 39.0 Å². The lowest BCUT2D eigenvalue weighted by atomic mass is 9.88.